The quantitative estimate of drug-likeness (QED) is 0.586. The van der Waals surface area contributed by atoms with Crippen molar-refractivity contribution < 1.29 is 19.4 Å². The maximum absolute atomic E-state index is 10.8. The molecule has 0 spiro atoms. The fraction of sp³-hybridized carbons (Fsp3) is 0.750. The van der Waals surface area contributed by atoms with E-state index in [2.05, 4.69) is 0 Å². The molecular formula is C8H15NO4. The molecule has 1 N–H and O–H groups in total. The monoisotopic (exact) mass is 189 g/mol. The van der Waals surface area contributed by atoms with Crippen molar-refractivity contribution in [1.29, 1.82) is 0 Å². The first-order valence-corrected chi connectivity index (χ1v) is 4.07. The molecule has 5 nitrogen and oxygen atoms in total. The molecular weight excluding hydrogens is 174 g/mol. The lowest BCUT2D eigenvalue weighted by atomic mass is 10.4. The van der Waals surface area contributed by atoms with Gasteiger partial charge in [0.25, 0.3) is 0 Å². The summed E-state index contributed by atoms with van der Waals surface area (Å²) in [5, 5.41) is 8.38. The van der Waals surface area contributed by atoms with E-state index in [1.807, 2.05) is 0 Å². The minimum atomic E-state index is -0.292. The van der Waals surface area contributed by atoms with Crippen molar-refractivity contribution in [3.05, 3.63) is 0 Å². The zero-order chi connectivity index (χ0) is 10.3. The topological polar surface area (TPSA) is 66.8 Å². The van der Waals surface area contributed by atoms with Crippen LogP contribution < -0.4 is 0 Å². The highest BCUT2D eigenvalue weighted by Crippen LogP contribution is 1.90. The second-order valence-corrected chi connectivity index (χ2v) is 2.53. The van der Waals surface area contributed by atoms with Crippen molar-refractivity contribution in [2.24, 2.45) is 0 Å². The molecule has 0 fully saturated rings. The van der Waals surface area contributed by atoms with Gasteiger partial charge in [-0.2, -0.15) is 0 Å². The number of amides is 2. The normalized spacial score (nSPS) is 9.77. The van der Waals surface area contributed by atoms with Crippen LogP contribution in [0.5, 0.6) is 0 Å². The third-order valence-corrected chi connectivity index (χ3v) is 1.46. The average molecular weight is 189 g/mol. The Bertz CT molecular complexity index is 167. The number of aliphatic hydroxyl groups excluding tert-OH is 1. The Morgan fingerprint density at radius 2 is 1.77 bits per heavy atom. The Hall–Kier alpha value is -0.940. The van der Waals surface area contributed by atoms with Gasteiger partial charge in [-0.1, -0.05) is 0 Å². The molecule has 76 valence electrons. The van der Waals surface area contributed by atoms with Crippen LogP contribution in [0.4, 0.5) is 0 Å². The van der Waals surface area contributed by atoms with Crippen molar-refractivity contribution >= 4 is 11.8 Å². The summed E-state index contributed by atoms with van der Waals surface area (Å²) in [5.41, 5.74) is 0. The van der Waals surface area contributed by atoms with Crippen LogP contribution in [-0.2, 0) is 14.3 Å². The van der Waals surface area contributed by atoms with E-state index >= 15 is 0 Å². The predicted molar refractivity (Wildman–Crippen MR) is 46.0 cm³/mol. The first-order valence-electron chi connectivity index (χ1n) is 4.07. The number of hydrogen-bond donors (Lipinski definition) is 1. The average Bonchev–Trinajstić information content (AvgIpc) is 2.02. The zero-order valence-electron chi connectivity index (χ0n) is 7.95. The lowest BCUT2D eigenvalue weighted by Crippen LogP contribution is -2.36. The van der Waals surface area contributed by atoms with Crippen LogP contribution in [0.3, 0.4) is 0 Å². The third kappa shape index (κ3) is 5.32. The Kier molecular flexibility index (Phi) is 6.09. The molecule has 2 amide bonds. The van der Waals surface area contributed by atoms with Crippen LogP contribution in [-0.4, -0.2) is 48.2 Å². The number of nitrogens with zero attached hydrogens (tertiary/aromatic N) is 1. The van der Waals surface area contributed by atoms with E-state index in [1.54, 1.807) is 0 Å². The standard InChI is InChI=1S/C8H15NO4/c1-7(11)9(8(2)12)3-5-13-6-4-10/h10H,3-6H2,1-2H3. The predicted octanol–water partition coefficient (Wildman–Crippen LogP) is -0.610. The van der Waals surface area contributed by atoms with Crippen molar-refractivity contribution in [2.45, 2.75) is 13.8 Å². The molecule has 0 radical (unpaired) electrons. The molecule has 0 aromatic heterocycles. The summed E-state index contributed by atoms with van der Waals surface area (Å²) in [6, 6.07) is 0. The maximum Gasteiger partial charge on any atom is 0.226 e. The van der Waals surface area contributed by atoms with Crippen LogP contribution in [0.2, 0.25) is 0 Å². The molecule has 0 aromatic carbocycles. The molecule has 0 heterocycles. The van der Waals surface area contributed by atoms with Gasteiger partial charge < -0.3 is 9.84 Å². The van der Waals surface area contributed by atoms with Gasteiger partial charge in [0, 0.05) is 13.8 Å². The number of ether oxygens (including phenoxy) is 1. The number of hydrogen-bond acceptors (Lipinski definition) is 4. The van der Waals surface area contributed by atoms with E-state index in [0.717, 1.165) is 4.90 Å². The van der Waals surface area contributed by atoms with Gasteiger partial charge in [0.2, 0.25) is 11.8 Å². The molecule has 0 saturated heterocycles. The number of aliphatic hydroxyl groups is 1. The second-order valence-electron chi connectivity index (χ2n) is 2.53. The molecule has 0 rings (SSSR count). The number of imide groups is 1. The molecule has 0 unspecified atom stereocenters. The fourth-order valence-electron chi connectivity index (χ4n) is 0.859. The van der Waals surface area contributed by atoms with Crippen LogP contribution in [0, 0.1) is 0 Å². The fourth-order valence-corrected chi connectivity index (χ4v) is 0.859. The van der Waals surface area contributed by atoms with Crippen LogP contribution in [0.1, 0.15) is 13.8 Å². The molecule has 0 bridgehead atoms. The van der Waals surface area contributed by atoms with Gasteiger partial charge in [-0.3, -0.25) is 14.5 Å². The van der Waals surface area contributed by atoms with Crippen molar-refractivity contribution in [1.82, 2.24) is 4.90 Å². The lowest BCUT2D eigenvalue weighted by Gasteiger charge is -2.16. The maximum atomic E-state index is 10.8. The minimum Gasteiger partial charge on any atom is -0.394 e. The smallest absolute Gasteiger partial charge is 0.226 e. The molecule has 0 aromatic rings. The highest BCUT2D eigenvalue weighted by molar-refractivity contribution is 5.92. The van der Waals surface area contributed by atoms with E-state index in [-0.39, 0.29) is 38.2 Å². The van der Waals surface area contributed by atoms with Crippen LogP contribution >= 0.6 is 0 Å². The van der Waals surface area contributed by atoms with Gasteiger partial charge in [0.15, 0.2) is 0 Å². The molecule has 5 heteroatoms. The summed E-state index contributed by atoms with van der Waals surface area (Å²) in [4.78, 5) is 22.8. The Morgan fingerprint density at radius 1 is 1.23 bits per heavy atom. The Labute approximate surface area is 77.3 Å². The summed E-state index contributed by atoms with van der Waals surface area (Å²) in [5.74, 6) is -0.583. The number of carbonyl (C=O) groups is 2. The summed E-state index contributed by atoms with van der Waals surface area (Å²) in [6.45, 7) is 3.33. The van der Waals surface area contributed by atoms with Crippen molar-refractivity contribution in [3.63, 3.8) is 0 Å². The summed E-state index contributed by atoms with van der Waals surface area (Å²) in [7, 11) is 0. The van der Waals surface area contributed by atoms with E-state index in [1.165, 1.54) is 13.8 Å². The van der Waals surface area contributed by atoms with E-state index in [0.29, 0.717) is 0 Å². The second kappa shape index (κ2) is 6.56. The number of carbonyl (C=O) groups excluding carboxylic acids is 2. The molecule has 0 saturated carbocycles. The molecule has 0 atom stereocenters. The van der Waals surface area contributed by atoms with Gasteiger partial charge in [-0.25, -0.2) is 0 Å². The van der Waals surface area contributed by atoms with Gasteiger partial charge in [-0.15, -0.1) is 0 Å². The lowest BCUT2D eigenvalue weighted by molar-refractivity contribution is -0.142. The van der Waals surface area contributed by atoms with E-state index in [4.69, 9.17) is 9.84 Å². The SMILES string of the molecule is CC(=O)N(CCOCCO)C(C)=O. The van der Waals surface area contributed by atoms with Crippen LogP contribution in [0.15, 0.2) is 0 Å². The molecule has 0 aliphatic rings. The number of rotatable bonds is 5. The third-order valence-electron chi connectivity index (χ3n) is 1.46. The minimum absolute atomic E-state index is 0.0554. The van der Waals surface area contributed by atoms with Gasteiger partial charge in [0.1, 0.15) is 0 Å². The highest BCUT2D eigenvalue weighted by Gasteiger charge is 2.12. The zero-order valence-corrected chi connectivity index (χ0v) is 7.95. The summed E-state index contributed by atoms with van der Waals surface area (Å²) >= 11 is 0. The first kappa shape index (κ1) is 12.1. The molecule has 0 aliphatic heterocycles. The van der Waals surface area contributed by atoms with E-state index < -0.39 is 0 Å². The highest BCUT2D eigenvalue weighted by atomic mass is 16.5. The Morgan fingerprint density at radius 3 is 2.15 bits per heavy atom. The molecule has 0 aliphatic carbocycles. The van der Waals surface area contributed by atoms with Gasteiger partial charge in [0.05, 0.1) is 26.4 Å². The molecule has 13 heavy (non-hydrogen) atoms. The van der Waals surface area contributed by atoms with Gasteiger partial charge >= 0.3 is 0 Å². The van der Waals surface area contributed by atoms with E-state index in [9.17, 15) is 9.59 Å². The van der Waals surface area contributed by atoms with Crippen molar-refractivity contribution in [2.75, 3.05) is 26.4 Å². The van der Waals surface area contributed by atoms with Gasteiger partial charge in [-0.05, 0) is 0 Å². The van der Waals surface area contributed by atoms with Crippen LogP contribution in [0.25, 0.3) is 0 Å². The summed E-state index contributed by atoms with van der Waals surface area (Å²) < 4.78 is 4.92. The Balaban J connectivity index is 3.71. The largest absolute Gasteiger partial charge is 0.394 e. The summed E-state index contributed by atoms with van der Waals surface area (Å²) in [6.07, 6.45) is 0. The first-order chi connectivity index (χ1) is 6.09. The van der Waals surface area contributed by atoms with Crippen molar-refractivity contribution in [3.8, 4) is 0 Å².